The van der Waals surface area contributed by atoms with Crippen LogP contribution in [-0.2, 0) is 9.59 Å². The summed E-state index contributed by atoms with van der Waals surface area (Å²) in [4.78, 5) is 36.9. The average molecular weight is 304 g/mol. The minimum absolute atomic E-state index is 0.0279. The largest absolute Gasteiger partial charge is 0.366 e. The molecule has 7 heteroatoms. The van der Waals surface area contributed by atoms with Crippen molar-refractivity contribution >= 4 is 23.4 Å². The highest BCUT2D eigenvalue weighted by molar-refractivity contribution is 6.03. The van der Waals surface area contributed by atoms with E-state index in [1.165, 1.54) is 0 Å². The summed E-state index contributed by atoms with van der Waals surface area (Å²) < 4.78 is 0. The Bertz CT molecular complexity index is 568. The Balaban J connectivity index is 1.85. The molecule has 0 spiro atoms. The first-order chi connectivity index (χ1) is 10.6. The van der Waals surface area contributed by atoms with Crippen molar-refractivity contribution in [1.82, 2.24) is 10.2 Å². The van der Waals surface area contributed by atoms with Crippen LogP contribution in [0.15, 0.2) is 24.3 Å². The summed E-state index contributed by atoms with van der Waals surface area (Å²) in [6.07, 6.45) is 0.237. The van der Waals surface area contributed by atoms with Gasteiger partial charge in [0, 0.05) is 39.0 Å². The Kier molecular flexibility index (Phi) is 5.48. The van der Waals surface area contributed by atoms with Crippen molar-refractivity contribution in [1.29, 1.82) is 0 Å². The fraction of sp³-hybridized carbons (Fsp3) is 0.400. The first kappa shape index (κ1) is 16.0. The molecule has 3 amide bonds. The average Bonchev–Trinajstić information content (AvgIpc) is 2.53. The van der Waals surface area contributed by atoms with Crippen molar-refractivity contribution in [2.45, 2.75) is 12.8 Å². The van der Waals surface area contributed by atoms with Crippen molar-refractivity contribution < 1.29 is 14.4 Å². The second kappa shape index (κ2) is 7.56. The topological polar surface area (TPSA) is 105 Å². The van der Waals surface area contributed by atoms with Gasteiger partial charge < -0.3 is 21.3 Å². The van der Waals surface area contributed by atoms with Crippen molar-refractivity contribution in [3.63, 3.8) is 0 Å². The molecule has 1 aromatic rings. The summed E-state index contributed by atoms with van der Waals surface area (Å²) in [5.74, 6) is -0.940. The number of carbonyl (C=O) groups is 3. The van der Waals surface area contributed by atoms with Gasteiger partial charge in [-0.3, -0.25) is 14.4 Å². The van der Waals surface area contributed by atoms with E-state index in [0.717, 1.165) is 13.1 Å². The molecule has 1 saturated heterocycles. The van der Waals surface area contributed by atoms with Gasteiger partial charge in [0.1, 0.15) is 0 Å². The molecule has 0 aliphatic carbocycles. The van der Waals surface area contributed by atoms with E-state index in [0.29, 0.717) is 18.8 Å². The summed E-state index contributed by atoms with van der Waals surface area (Å²) in [5.41, 5.74) is 5.88. The predicted molar refractivity (Wildman–Crippen MR) is 82.3 cm³/mol. The molecular weight excluding hydrogens is 284 g/mol. The van der Waals surface area contributed by atoms with Crippen LogP contribution in [0.5, 0.6) is 0 Å². The number of hydrogen-bond donors (Lipinski definition) is 3. The zero-order chi connectivity index (χ0) is 15.9. The maximum absolute atomic E-state index is 12.0. The minimum Gasteiger partial charge on any atom is -0.366 e. The molecule has 7 nitrogen and oxygen atoms in total. The number of piperazine rings is 1. The summed E-state index contributed by atoms with van der Waals surface area (Å²) in [6.45, 7) is 2.91. The minimum atomic E-state index is -0.604. The Morgan fingerprint density at radius 1 is 1.14 bits per heavy atom. The van der Waals surface area contributed by atoms with Gasteiger partial charge in [-0.15, -0.1) is 0 Å². The van der Waals surface area contributed by atoms with Gasteiger partial charge in [-0.25, -0.2) is 0 Å². The van der Waals surface area contributed by atoms with Gasteiger partial charge in [-0.1, -0.05) is 12.1 Å². The van der Waals surface area contributed by atoms with Crippen LogP contribution in [0.2, 0.25) is 0 Å². The van der Waals surface area contributed by atoms with Crippen LogP contribution in [0.1, 0.15) is 23.2 Å². The highest BCUT2D eigenvalue weighted by atomic mass is 16.2. The number of amides is 3. The molecular formula is C15H20N4O3. The van der Waals surface area contributed by atoms with Gasteiger partial charge in [0.25, 0.3) is 5.91 Å². The summed E-state index contributed by atoms with van der Waals surface area (Å²) in [6, 6.07) is 6.53. The van der Waals surface area contributed by atoms with Crippen LogP contribution in [0.3, 0.4) is 0 Å². The third-order valence-electron chi connectivity index (χ3n) is 3.50. The van der Waals surface area contributed by atoms with E-state index in [9.17, 15) is 14.4 Å². The zero-order valence-corrected chi connectivity index (χ0v) is 12.3. The van der Waals surface area contributed by atoms with E-state index in [4.69, 9.17) is 5.73 Å². The Morgan fingerprint density at radius 3 is 2.50 bits per heavy atom. The van der Waals surface area contributed by atoms with E-state index in [1.54, 1.807) is 29.2 Å². The summed E-state index contributed by atoms with van der Waals surface area (Å²) >= 11 is 0. The van der Waals surface area contributed by atoms with Crippen molar-refractivity contribution in [3.05, 3.63) is 29.8 Å². The first-order valence-corrected chi connectivity index (χ1v) is 7.25. The number of nitrogens with one attached hydrogen (secondary N) is 2. The molecule has 22 heavy (non-hydrogen) atoms. The fourth-order valence-electron chi connectivity index (χ4n) is 2.31. The van der Waals surface area contributed by atoms with Crippen LogP contribution in [0, 0.1) is 0 Å². The predicted octanol–water partition coefficient (Wildman–Crippen LogP) is -0.0640. The molecule has 0 bridgehead atoms. The van der Waals surface area contributed by atoms with Gasteiger partial charge >= 0.3 is 0 Å². The van der Waals surface area contributed by atoms with Crippen LogP contribution >= 0.6 is 0 Å². The quantitative estimate of drug-likeness (QED) is 0.708. The molecule has 1 fully saturated rings. The third kappa shape index (κ3) is 4.29. The van der Waals surface area contributed by atoms with E-state index in [1.807, 2.05) is 0 Å². The van der Waals surface area contributed by atoms with Crippen molar-refractivity contribution in [2.75, 3.05) is 31.5 Å². The molecule has 1 aliphatic heterocycles. The lowest BCUT2D eigenvalue weighted by atomic mass is 10.1. The molecule has 2 rings (SSSR count). The maximum atomic E-state index is 12.0. The number of benzene rings is 1. The number of rotatable bonds is 5. The van der Waals surface area contributed by atoms with Gasteiger partial charge in [-0.05, 0) is 12.1 Å². The second-order valence-electron chi connectivity index (χ2n) is 5.09. The lowest BCUT2D eigenvalue weighted by molar-refractivity contribution is -0.133. The number of hydrogen-bond acceptors (Lipinski definition) is 4. The second-order valence-corrected chi connectivity index (χ2v) is 5.09. The zero-order valence-electron chi connectivity index (χ0n) is 12.3. The SMILES string of the molecule is NC(=O)c1ccccc1NC(=O)CCC(=O)N1CCNCC1. The molecule has 1 aliphatic rings. The number of carbonyl (C=O) groups excluding carboxylic acids is 3. The van der Waals surface area contributed by atoms with Crippen LogP contribution in [-0.4, -0.2) is 48.8 Å². The third-order valence-corrected chi connectivity index (χ3v) is 3.50. The molecule has 0 radical (unpaired) electrons. The molecule has 1 aromatic carbocycles. The molecule has 1 heterocycles. The molecule has 0 unspecified atom stereocenters. The number of nitrogens with two attached hydrogens (primary N) is 1. The molecule has 0 saturated carbocycles. The van der Waals surface area contributed by atoms with E-state index in [-0.39, 0.29) is 30.2 Å². The maximum Gasteiger partial charge on any atom is 0.250 e. The van der Waals surface area contributed by atoms with Crippen LogP contribution < -0.4 is 16.4 Å². The van der Waals surface area contributed by atoms with E-state index >= 15 is 0 Å². The van der Waals surface area contributed by atoms with E-state index in [2.05, 4.69) is 10.6 Å². The Hall–Kier alpha value is -2.41. The monoisotopic (exact) mass is 304 g/mol. The van der Waals surface area contributed by atoms with Crippen LogP contribution in [0.4, 0.5) is 5.69 Å². The summed E-state index contributed by atoms with van der Waals surface area (Å²) in [7, 11) is 0. The Labute approximate surface area is 128 Å². The molecule has 0 atom stereocenters. The van der Waals surface area contributed by atoms with Gasteiger partial charge in [0.05, 0.1) is 11.3 Å². The van der Waals surface area contributed by atoms with Gasteiger partial charge in [0.15, 0.2) is 0 Å². The number of primary amides is 1. The highest BCUT2D eigenvalue weighted by Crippen LogP contribution is 2.14. The van der Waals surface area contributed by atoms with Crippen molar-refractivity contribution in [3.8, 4) is 0 Å². The molecule has 0 aromatic heterocycles. The van der Waals surface area contributed by atoms with Crippen molar-refractivity contribution in [2.24, 2.45) is 5.73 Å². The van der Waals surface area contributed by atoms with Gasteiger partial charge in [0.2, 0.25) is 11.8 Å². The first-order valence-electron chi connectivity index (χ1n) is 7.25. The molecule has 118 valence electrons. The highest BCUT2D eigenvalue weighted by Gasteiger charge is 2.17. The van der Waals surface area contributed by atoms with Crippen LogP contribution in [0.25, 0.3) is 0 Å². The van der Waals surface area contributed by atoms with E-state index < -0.39 is 5.91 Å². The summed E-state index contributed by atoms with van der Waals surface area (Å²) in [5, 5.41) is 5.79. The number of anilines is 1. The number of nitrogens with zero attached hydrogens (tertiary/aromatic N) is 1. The fourth-order valence-corrected chi connectivity index (χ4v) is 2.31. The smallest absolute Gasteiger partial charge is 0.250 e. The molecule has 4 N–H and O–H groups in total. The number of para-hydroxylation sites is 1. The Morgan fingerprint density at radius 2 is 1.82 bits per heavy atom. The standard InChI is InChI=1S/C15H20N4O3/c16-15(22)11-3-1-2-4-12(11)18-13(20)5-6-14(21)19-9-7-17-8-10-19/h1-4,17H,5-10H2,(H2,16,22)(H,18,20). The normalized spacial score (nSPS) is 14.5. The lowest BCUT2D eigenvalue weighted by Crippen LogP contribution is -2.46. The van der Waals surface area contributed by atoms with Gasteiger partial charge in [-0.2, -0.15) is 0 Å². The lowest BCUT2D eigenvalue weighted by Gasteiger charge is -2.27.